The summed E-state index contributed by atoms with van der Waals surface area (Å²) < 4.78 is 5.88. The molecule has 6 heteroatoms. The Kier molecular flexibility index (Phi) is 6.88. The average molecular weight is 303 g/mol. The van der Waals surface area contributed by atoms with Crippen LogP contribution in [0.5, 0.6) is 0 Å². The van der Waals surface area contributed by atoms with Crippen molar-refractivity contribution in [2.45, 2.75) is 19.8 Å². The highest BCUT2D eigenvalue weighted by atomic mass is 79.9. The number of methoxy groups -OCH3 is 1. The number of halogens is 1. The van der Waals surface area contributed by atoms with E-state index in [0.717, 1.165) is 48.6 Å². The van der Waals surface area contributed by atoms with Gasteiger partial charge in [0.25, 0.3) is 0 Å². The molecule has 0 spiro atoms. The monoisotopic (exact) mass is 302 g/mol. The fourth-order valence-corrected chi connectivity index (χ4v) is 1.85. The third-order valence-corrected chi connectivity index (χ3v) is 2.95. The first-order valence-corrected chi connectivity index (χ1v) is 6.56. The van der Waals surface area contributed by atoms with Gasteiger partial charge in [-0.15, -0.1) is 0 Å². The maximum atomic E-state index is 5.00. The fourth-order valence-electron chi connectivity index (χ4n) is 1.36. The molecule has 1 aromatic rings. The number of unbranched alkanes of at least 4 members (excludes halogenated alkanes) is 1. The molecule has 0 saturated carbocycles. The van der Waals surface area contributed by atoms with E-state index in [4.69, 9.17) is 4.74 Å². The molecule has 5 nitrogen and oxygen atoms in total. The molecular formula is C11H19BrN4O. The van der Waals surface area contributed by atoms with Crippen LogP contribution in [0.15, 0.2) is 10.8 Å². The van der Waals surface area contributed by atoms with Gasteiger partial charge >= 0.3 is 0 Å². The third kappa shape index (κ3) is 4.87. The molecule has 0 saturated heterocycles. The van der Waals surface area contributed by atoms with Gasteiger partial charge in [0.15, 0.2) is 0 Å². The van der Waals surface area contributed by atoms with Crippen molar-refractivity contribution in [2.24, 2.45) is 0 Å². The molecule has 0 fully saturated rings. The summed E-state index contributed by atoms with van der Waals surface area (Å²) in [5.74, 6) is 1.65. The standard InChI is InChI=1S/C11H19BrN4O/c1-3-13-10-9(12)11(16-8-15-10)14-6-4-5-7-17-2/h8H,3-7H2,1-2H3,(H2,13,14,15,16). The van der Waals surface area contributed by atoms with Gasteiger partial charge in [-0.1, -0.05) is 0 Å². The van der Waals surface area contributed by atoms with Gasteiger partial charge in [-0.25, -0.2) is 9.97 Å². The number of hydrogen-bond donors (Lipinski definition) is 2. The van der Waals surface area contributed by atoms with Crippen LogP contribution in [0.4, 0.5) is 11.6 Å². The zero-order valence-electron chi connectivity index (χ0n) is 10.3. The average Bonchev–Trinajstić information content (AvgIpc) is 2.33. The minimum atomic E-state index is 0.801. The van der Waals surface area contributed by atoms with Crippen molar-refractivity contribution in [3.05, 3.63) is 10.8 Å². The first-order valence-electron chi connectivity index (χ1n) is 5.76. The molecule has 96 valence electrons. The lowest BCUT2D eigenvalue weighted by Gasteiger charge is -2.10. The summed E-state index contributed by atoms with van der Waals surface area (Å²) in [6, 6.07) is 0. The molecule has 0 aromatic carbocycles. The fraction of sp³-hybridized carbons (Fsp3) is 0.636. The smallest absolute Gasteiger partial charge is 0.145 e. The second kappa shape index (κ2) is 8.25. The normalized spacial score (nSPS) is 10.3. The van der Waals surface area contributed by atoms with Gasteiger partial charge in [0.05, 0.1) is 0 Å². The minimum absolute atomic E-state index is 0.801. The summed E-state index contributed by atoms with van der Waals surface area (Å²) in [6.45, 7) is 4.55. The number of ether oxygens (including phenoxy) is 1. The van der Waals surface area contributed by atoms with Gasteiger partial charge in [-0.05, 0) is 35.7 Å². The van der Waals surface area contributed by atoms with Crippen LogP contribution in [0.2, 0.25) is 0 Å². The molecule has 0 aliphatic rings. The number of aromatic nitrogens is 2. The van der Waals surface area contributed by atoms with Crippen LogP contribution < -0.4 is 10.6 Å². The Balaban J connectivity index is 2.44. The summed E-state index contributed by atoms with van der Waals surface area (Å²) in [6.07, 6.45) is 3.66. The van der Waals surface area contributed by atoms with Crippen molar-refractivity contribution in [3.8, 4) is 0 Å². The topological polar surface area (TPSA) is 59.1 Å². The van der Waals surface area contributed by atoms with Crippen molar-refractivity contribution in [1.29, 1.82) is 0 Å². The Morgan fingerprint density at radius 3 is 2.59 bits per heavy atom. The van der Waals surface area contributed by atoms with Crippen LogP contribution >= 0.6 is 15.9 Å². The summed E-state index contributed by atoms with van der Waals surface area (Å²) >= 11 is 3.49. The van der Waals surface area contributed by atoms with Gasteiger partial charge < -0.3 is 15.4 Å². The van der Waals surface area contributed by atoms with Crippen molar-refractivity contribution in [2.75, 3.05) is 37.4 Å². The van der Waals surface area contributed by atoms with E-state index in [0.29, 0.717) is 0 Å². The Morgan fingerprint density at radius 2 is 1.94 bits per heavy atom. The highest BCUT2D eigenvalue weighted by molar-refractivity contribution is 9.10. The minimum Gasteiger partial charge on any atom is -0.385 e. The van der Waals surface area contributed by atoms with E-state index in [1.54, 1.807) is 13.4 Å². The second-order valence-electron chi connectivity index (χ2n) is 3.54. The quantitative estimate of drug-likeness (QED) is 0.723. The van der Waals surface area contributed by atoms with Crippen LogP contribution in [0.3, 0.4) is 0 Å². The van der Waals surface area contributed by atoms with E-state index in [1.165, 1.54) is 0 Å². The summed E-state index contributed by atoms with van der Waals surface area (Å²) in [7, 11) is 1.72. The van der Waals surface area contributed by atoms with E-state index in [1.807, 2.05) is 6.92 Å². The molecule has 0 aliphatic carbocycles. The van der Waals surface area contributed by atoms with Crippen LogP contribution in [-0.4, -0.2) is 36.8 Å². The predicted octanol–water partition coefficient (Wildman–Crippen LogP) is 2.51. The molecule has 0 unspecified atom stereocenters. The van der Waals surface area contributed by atoms with E-state index in [-0.39, 0.29) is 0 Å². The molecule has 0 aliphatic heterocycles. The Bertz CT molecular complexity index is 335. The molecule has 0 radical (unpaired) electrons. The molecule has 1 heterocycles. The zero-order valence-corrected chi connectivity index (χ0v) is 11.9. The molecule has 1 aromatic heterocycles. The second-order valence-corrected chi connectivity index (χ2v) is 4.33. The number of rotatable bonds is 8. The third-order valence-electron chi connectivity index (χ3n) is 2.20. The zero-order chi connectivity index (χ0) is 12.5. The molecule has 0 bridgehead atoms. The van der Waals surface area contributed by atoms with Gasteiger partial charge in [0.2, 0.25) is 0 Å². The largest absolute Gasteiger partial charge is 0.385 e. The van der Waals surface area contributed by atoms with Crippen LogP contribution in [0.25, 0.3) is 0 Å². The molecule has 0 amide bonds. The lowest BCUT2D eigenvalue weighted by Crippen LogP contribution is -2.08. The van der Waals surface area contributed by atoms with Crippen LogP contribution in [0, 0.1) is 0 Å². The number of nitrogens with one attached hydrogen (secondary N) is 2. The summed E-state index contributed by atoms with van der Waals surface area (Å²) in [5.41, 5.74) is 0. The summed E-state index contributed by atoms with van der Waals surface area (Å²) in [4.78, 5) is 8.36. The molecule has 1 rings (SSSR count). The highest BCUT2D eigenvalue weighted by Crippen LogP contribution is 2.26. The van der Waals surface area contributed by atoms with Crippen molar-refractivity contribution < 1.29 is 4.74 Å². The highest BCUT2D eigenvalue weighted by Gasteiger charge is 2.06. The maximum Gasteiger partial charge on any atom is 0.145 e. The first-order chi connectivity index (χ1) is 8.29. The van der Waals surface area contributed by atoms with Crippen molar-refractivity contribution >= 4 is 27.6 Å². The SMILES string of the molecule is CCNc1ncnc(NCCCCOC)c1Br. The lowest BCUT2D eigenvalue weighted by atomic mass is 10.3. The predicted molar refractivity (Wildman–Crippen MR) is 73.5 cm³/mol. The molecule has 0 atom stereocenters. The number of nitrogens with zero attached hydrogens (tertiary/aromatic N) is 2. The molecule has 17 heavy (non-hydrogen) atoms. The number of hydrogen-bond acceptors (Lipinski definition) is 5. The Morgan fingerprint density at radius 1 is 1.24 bits per heavy atom. The molecule has 2 N–H and O–H groups in total. The number of anilines is 2. The maximum absolute atomic E-state index is 5.00. The van der Waals surface area contributed by atoms with E-state index in [2.05, 4.69) is 36.5 Å². The first kappa shape index (κ1) is 14.2. The van der Waals surface area contributed by atoms with Crippen molar-refractivity contribution in [3.63, 3.8) is 0 Å². The van der Waals surface area contributed by atoms with Gasteiger partial charge in [-0.3, -0.25) is 0 Å². The van der Waals surface area contributed by atoms with Gasteiger partial charge in [0.1, 0.15) is 22.4 Å². The van der Waals surface area contributed by atoms with Crippen LogP contribution in [-0.2, 0) is 4.74 Å². The van der Waals surface area contributed by atoms with E-state index < -0.39 is 0 Å². The van der Waals surface area contributed by atoms with Crippen LogP contribution in [0.1, 0.15) is 19.8 Å². The Hall–Kier alpha value is -0.880. The summed E-state index contributed by atoms with van der Waals surface area (Å²) in [5, 5.41) is 6.45. The van der Waals surface area contributed by atoms with E-state index in [9.17, 15) is 0 Å². The van der Waals surface area contributed by atoms with Gasteiger partial charge in [0, 0.05) is 26.8 Å². The van der Waals surface area contributed by atoms with E-state index >= 15 is 0 Å². The molecular weight excluding hydrogens is 284 g/mol. The Labute approximate surface area is 111 Å². The van der Waals surface area contributed by atoms with Gasteiger partial charge in [-0.2, -0.15) is 0 Å². The lowest BCUT2D eigenvalue weighted by molar-refractivity contribution is 0.194. The van der Waals surface area contributed by atoms with Crippen molar-refractivity contribution in [1.82, 2.24) is 9.97 Å².